The molecule has 1 N–H and O–H groups in total. The normalized spacial score (nSPS) is 12.7. The van der Waals surface area contributed by atoms with Crippen molar-refractivity contribution in [2.24, 2.45) is 5.92 Å². The van der Waals surface area contributed by atoms with E-state index in [1.807, 2.05) is 0 Å². The van der Waals surface area contributed by atoms with Gasteiger partial charge in [-0.05, 0) is 36.3 Å². The minimum absolute atomic E-state index is 0.365. The Hall–Kier alpha value is -1.24. The third-order valence-corrected chi connectivity index (χ3v) is 4.31. The second-order valence-electron chi connectivity index (χ2n) is 7.01. The molecule has 22 heavy (non-hydrogen) atoms. The summed E-state index contributed by atoms with van der Waals surface area (Å²) in [6.45, 7) is 15.6. The third-order valence-electron chi connectivity index (χ3n) is 4.31. The van der Waals surface area contributed by atoms with E-state index in [0.717, 1.165) is 12.1 Å². The molecule has 0 amide bonds. The molecule has 1 aromatic rings. The van der Waals surface area contributed by atoms with Gasteiger partial charge in [0.15, 0.2) is 0 Å². The highest BCUT2D eigenvalue weighted by atomic mass is 14.9. The van der Waals surface area contributed by atoms with Crippen LogP contribution >= 0.6 is 0 Å². The Balaban J connectivity index is 2.65. The van der Waals surface area contributed by atoms with Crippen LogP contribution in [0.1, 0.15) is 77.3 Å². The van der Waals surface area contributed by atoms with Crippen LogP contribution in [0.15, 0.2) is 36.5 Å². The molecule has 1 aromatic carbocycles. The molecule has 0 aliphatic heterocycles. The van der Waals surface area contributed by atoms with Gasteiger partial charge in [0.25, 0.3) is 0 Å². The van der Waals surface area contributed by atoms with Crippen molar-refractivity contribution >= 4 is 0 Å². The standard InChI is InChI=1S/C21H35N/c1-7-9-21(10-8-2)22-18(6)17(5)20-13-11-19(12-14-20)15-16(3)4/h11-14,16-17,21-22H,6-10,15H2,1-5H3. The fourth-order valence-corrected chi connectivity index (χ4v) is 2.99. The summed E-state index contributed by atoms with van der Waals surface area (Å²) in [5, 5.41) is 3.67. The van der Waals surface area contributed by atoms with Crippen LogP contribution in [-0.2, 0) is 6.42 Å². The van der Waals surface area contributed by atoms with Gasteiger partial charge in [0, 0.05) is 17.7 Å². The highest BCUT2D eigenvalue weighted by Crippen LogP contribution is 2.23. The van der Waals surface area contributed by atoms with Crippen LogP contribution in [0.5, 0.6) is 0 Å². The summed E-state index contributed by atoms with van der Waals surface area (Å²) in [5.41, 5.74) is 3.94. The number of hydrogen-bond acceptors (Lipinski definition) is 1. The first-order valence-corrected chi connectivity index (χ1v) is 9.02. The quantitative estimate of drug-likeness (QED) is 0.554. The van der Waals surface area contributed by atoms with E-state index < -0.39 is 0 Å². The zero-order valence-electron chi connectivity index (χ0n) is 15.3. The van der Waals surface area contributed by atoms with Gasteiger partial charge in [-0.3, -0.25) is 0 Å². The van der Waals surface area contributed by atoms with E-state index in [-0.39, 0.29) is 0 Å². The molecule has 1 nitrogen and oxygen atoms in total. The highest BCUT2D eigenvalue weighted by Gasteiger charge is 2.13. The Bertz CT molecular complexity index is 424. The first kappa shape index (κ1) is 18.8. The molecule has 0 saturated carbocycles. The van der Waals surface area contributed by atoms with Crippen LogP contribution in [0.4, 0.5) is 0 Å². The number of benzene rings is 1. The summed E-state index contributed by atoms with van der Waals surface area (Å²) in [7, 11) is 0. The fourth-order valence-electron chi connectivity index (χ4n) is 2.99. The molecule has 1 rings (SSSR count). The van der Waals surface area contributed by atoms with Gasteiger partial charge >= 0.3 is 0 Å². The molecule has 0 aromatic heterocycles. The van der Waals surface area contributed by atoms with Crippen molar-refractivity contribution in [1.29, 1.82) is 0 Å². The van der Waals surface area contributed by atoms with Crippen molar-refractivity contribution in [3.63, 3.8) is 0 Å². The SMILES string of the molecule is C=C(NC(CCC)CCC)C(C)c1ccc(CC(C)C)cc1. The molecule has 0 spiro atoms. The van der Waals surface area contributed by atoms with Gasteiger partial charge in [-0.2, -0.15) is 0 Å². The minimum Gasteiger partial charge on any atom is -0.386 e. The molecule has 0 radical (unpaired) electrons. The van der Waals surface area contributed by atoms with E-state index in [1.165, 1.54) is 36.8 Å². The monoisotopic (exact) mass is 301 g/mol. The van der Waals surface area contributed by atoms with Gasteiger partial charge in [0.2, 0.25) is 0 Å². The Kier molecular flexibility index (Phi) is 8.30. The molecule has 0 heterocycles. The molecular formula is C21H35N. The topological polar surface area (TPSA) is 12.0 Å². The minimum atomic E-state index is 0.365. The largest absolute Gasteiger partial charge is 0.386 e. The predicted molar refractivity (Wildman–Crippen MR) is 99.3 cm³/mol. The first-order chi connectivity index (χ1) is 10.5. The molecule has 0 bridgehead atoms. The van der Waals surface area contributed by atoms with Crippen molar-refractivity contribution in [3.8, 4) is 0 Å². The van der Waals surface area contributed by atoms with Gasteiger partial charge in [-0.1, -0.05) is 78.3 Å². The lowest BCUT2D eigenvalue weighted by atomic mass is 9.94. The molecule has 0 aliphatic carbocycles. The maximum atomic E-state index is 4.30. The molecule has 1 atom stereocenters. The molecule has 0 fully saturated rings. The highest BCUT2D eigenvalue weighted by molar-refractivity contribution is 5.30. The van der Waals surface area contributed by atoms with Gasteiger partial charge in [0.1, 0.15) is 0 Å². The van der Waals surface area contributed by atoms with Crippen molar-refractivity contribution in [2.75, 3.05) is 0 Å². The van der Waals surface area contributed by atoms with Crippen molar-refractivity contribution < 1.29 is 0 Å². The molecule has 1 unspecified atom stereocenters. The molecule has 0 aliphatic rings. The van der Waals surface area contributed by atoms with Gasteiger partial charge in [-0.25, -0.2) is 0 Å². The lowest BCUT2D eigenvalue weighted by Crippen LogP contribution is -2.29. The summed E-state index contributed by atoms with van der Waals surface area (Å²) >= 11 is 0. The number of nitrogens with one attached hydrogen (secondary N) is 1. The van der Waals surface area contributed by atoms with Gasteiger partial charge < -0.3 is 5.32 Å². The van der Waals surface area contributed by atoms with Crippen molar-refractivity contribution in [1.82, 2.24) is 5.32 Å². The number of allylic oxidation sites excluding steroid dienone is 1. The van der Waals surface area contributed by atoms with E-state index in [1.54, 1.807) is 0 Å². The maximum Gasteiger partial charge on any atom is 0.0258 e. The summed E-state index contributed by atoms with van der Waals surface area (Å²) in [6, 6.07) is 9.65. The second-order valence-corrected chi connectivity index (χ2v) is 7.01. The second kappa shape index (κ2) is 9.71. The molecule has 1 heteroatoms. The maximum absolute atomic E-state index is 4.30. The lowest BCUT2D eigenvalue weighted by molar-refractivity contribution is 0.470. The number of hydrogen-bond donors (Lipinski definition) is 1. The predicted octanol–water partition coefficient (Wildman–Crippen LogP) is 6.06. The van der Waals surface area contributed by atoms with Crippen LogP contribution < -0.4 is 5.32 Å². The summed E-state index contributed by atoms with van der Waals surface area (Å²) < 4.78 is 0. The van der Waals surface area contributed by atoms with E-state index in [0.29, 0.717) is 17.9 Å². The zero-order chi connectivity index (χ0) is 16.5. The third kappa shape index (κ3) is 6.25. The smallest absolute Gasteiger partial charge is 0.0258 e. The van der Waals surface area contributed by atoms with Crippen LogP contribution in [0.3, 0.4) is 0 Å². The average molecular weight is 302 g/mol. The first-order valence-electron chi connectivity index (χ1n) is 9.02. The van der Waals surface area contributed by atoms with E-state index in [2.05, 4.69) is 70.8 Å². The Labute approximate surface area is 138 Å². The van der Waals surface area contributed by atoms with Crippen molar-refractivity contribution in [3.05, 3.63) is 47.7 Å². The van der Waals surface area contributed by atoms with E-state index >= 15 is 0 Å². The van der Waals surface area contributed by atoms with Crippen molar-refractivity contribution in [2.45, 2.75) is 78.7 Å². The summed E-state index contributed by atoms with van der Waals surface area (Å²) in [4.78, 5) is 0. The summed E-state index contributed by atoms with van der Waals surface area (Å²) in [5.74, 6) is 1.08. The van der Waals surface area contributed by atoms with Gasteiger partial charge in [-0.15, -0.1) is 0 Å². The van der Waals surface area contributed by atoms with Crippen LogP contribution in [0, 0.1) is 5.92 Å². The van der Waals surface area contributed by atoms with Crippen LogP contribution in [0.2, 0.25) is 0 Å². The Morgan fingerprint density at radius 3 is 2.00 bits per heavy atom. The van der Waals surface area contributed by atoms with Gasteiger partial charge in [0.05, 0.1) is 0 Å². The van der Waals surface area contributed by atoms with Crippen LogP contribution in [-0.4, -0.2) is 6.04 Å². The molecule has 0 saturated heterocycles. The molecule has 124 valence electrons. The molecular weight excluding hydrogens is 266 g/mol. The fraction of sp³-hybridized carbons (Fsp3) is 0.619. The Morgan fingerprint density at radius 2 is 1.55 bits per heavy atom. The lowest BCUT2D eigenvalue weighted by Gasteiger charge is -2.24. The number of rotatable bonds is 10. The zero-order valence-corrected chi connectivity index (χ0v) is 15.3. The van der Waals surface area contributed by atoms with E-state index in [4.69, 9.17) is 0 Å². The summed E-state index contributed by atoms with van der Waals surface area (Å²) in [6.07, 6.45) is 6.06. The average Bonchev–Trinajstić information content (AvgIpc) is 2.47. The Morgan fingerprint density at radius 1 is 1.00 bits per heavy atom. The van der Waals surface area contributed by atoms with E-state index in [9.17, 15) is 0 Å². The van der Waals surface area contributed by atoms with Crippen LogP contribution in [0.25, 0.3) is 0 Å².